The van der Waals surface area contributed by atoms with Crippen molar-refractivity contribution in [2.45, 2.75) is 37.4 Å². The van der Waals surface area contributed by atoms with Crippen LogP contribution in [-0.2, 0) is 6.18 Å². The minimum absolute atomic E-state index is 0.0517. The Bertz CT molecular complexity index is 413. The van der Waals surface area contributed by atoms with Gasteiger partial charge >= 0.3 is 6.18 Å². The quantitative estimate of drug-likeness (QED) is 0.557. The maximum absolute atomic E-state index is 12.4. The van der Waals surface area contributed by atoms with Crippen molar-refractivity contribution in [3.63, 3.8) is 0 Å². The number of halogens is 4. The topological polar surface area (TPSA) is 24.9 Å². The van der Waals surface area contributed by atoms with E-state index in [0.717, 1.165) is 37.5 Å². The molecule has 0 aliphatic heterocycles. The number of nitrogens with zero attached hydrogens (tertiary/aromatic N) is 1. The standard InChI is InChI=1S/C13H18ClF3N2S/c1-2-3-4-5-18-6-7-20-12-11(14)8-10(9-19-12)13(15,16)17/h8-9,18H,2-7H2,1H3. The Morgan fingerprint density at radius 2 is 2.05 bits per heavy atom. The monoisotopic (exact) mass is 326 g/mol. The number of rotatable bonds is 8. The van der Waals surface area contributed by atoms with Gasteiger partial charge in [-0.05, 0) is 19.0 Å². The van der Waals surface area contributed by atoms with Gasteiger partial charge in [0.15, 0.2) is 0 Å². The fourth-order valence-electron chi connectivity index (χ4n) is 1.53. The van der Waals surface area contributed by atoms with Crippen molar-refractivity contribution in [1.82, 2.24) is 10.3 Å². The molecule has 1 aromatic heterocycles. The summed E-state index contributed by atoms with van der Waals surface area (Å²) < 4.78 is 37.3. The third-order valence-corrected chi connectivity index (χ3v) is 4.02. The van der Waals surface area contributed by atoms with Crippen LogP contribution in [0.2, 0.25) is 5.02 Å². The van der Waals surface area contributed by atoms with Gasteiger partial charge in [0, 0.05) is 18.5 Å². The molecule has 0 saturated heterocycles. The van der Waals surface area contributed by atoms with Crippen LogP contribution in [0.15, 0.2) is 17.3 Å². The molecule has 114 valence electrons. The number of alkyl halides is 3. The van der Waals surface area contributed by atoms with Gasteiger partial charge in [0.1, 0.15) is 5.03 Å². The summed E-state index contributed by atoms with van der Waals surface area (Å²) in [4.78, 5) is 3.78. The van der Waals surface area contributed by atoms with Crippen LogP contribution in [0.5, 0.6) is 0 Å². The fraction of sp³-hybridized carbons (Fsp3) is 0.615. The van der Waals surface area contributed by atoms with Crippen LogP contribution < -0.4 is 5.32 Å². The lowest BCUT2D eigenvalue weighted by Crippen LogP contribution is -2.18. The van der Waals surface area contributed by atoms with Crippen LogP contribution in [-0.4, -0.2) is 23.8 Å². The van der Waals surface area contributed by atoms with Gasteiger partial charge < -0.3 is 5.32 Å². The maximum Gasteiger partial charge on any atom is 0.417 e. The molecule has 20 heavy (non-hydrogen) atoms. The lowest BCUT2D eigenvalue weighted by Gasteiger charge is -2.09. The summed E-state index contributed by atoms with van der Waals surface area (Å²) in [5.74, 6) is 0.726. The summed E-state index contributed by atoms with van der Waals surface area (Å²) >= 11 is 7.17. The molecular formula is C13H18ClF3N2S. The molecule has 1 aromatic rings. The van der Waals surface area contributed by atoms with E-state index in [4.69, 9.17) is 11.6 Å². The van der Waals surface area contributed by atoms with Crippen LogP contribution in [0.25, 0.3) is 0 Å². The van der Waals surface area contributed by atoms with E-state index in [1.807, 2.05) is 0 Å². The summed E-state index contributed by atoms with van der Waals surface area (Å²) in [6, 6.07) is 0.922. The van der Waals surface area contributed by atoms with Crippen LogP contribution in [0.3, 0.4) is 0 Å². The van der Waals surface area contributed by atoms with Crippen molar-refractivity contribution < 1.29 is 13.2 Å². The lowest BCUT2D eigenvalue weighted by molar-refractivity contribution is -0.137. The first-order chi connectivity index (χ1) is 9.45. The van der Waals surface area contributed by atoms with Crippen molar-refractivity contribution >= 4 is 23.4 Å². The molecule has 1 heterocycles. The molecule has 1 rings (SSSR count). The van der Waals surface area contributed by atoms with E-state index in [-0.39, 0.29) is 5.02 Å². The Balaban J connectivity index is 2.34. The van der Waals surface area contributed by atoms with Crippen molar-refractivity contribution in [2.75, 3.05) is 18.8 Å². The summed E-state index contributed by atoms with van der Waals surface area (Å²) in [5, 5.41) is 3.77. The zero-order valence-electron chi connectivity index (χ0n) is 11.3. The van der Waals surface area contributed by atoms with Crippen LogP contribution in [0, 0.1) is 0 Å². The van der Waals surface area contributed by atoms with E-state index in [0.29, 0.717) is 5.03 Å². The van der Waals surface area contributed by atoms with Gasteiger partial charge in [-0.3, -0.25) is 0 Å². The molecule has 0 aliphatic carbocycles. The van der Waals surface area contributed by atoms with Crippen molar-refractivity contribution in [2.24, 2.45) is 0 Å². The average Bonchev–Trinajstić information content (AvgIpc) is 2.38. The Kier molecular flexibility index (Phi) is 7.69. The molecule has 0 atom stereocenters. The SMILES string of the molecule is CCCCCNCCSc1ncc(C(F)(F)F)cc1Cl. The second-order valence-corrected chi connectivity index (χ2v) is 5.81. The largest absolute Gasteiger partial charge is 0.417 e. The Morgan fingerprint density at radius 1 is 1.30 bits per heavy atom. The fourth-order valence-corrected chi connectivity index (χ4v) is 2.63. The lowest BCUT2D eigenvalue weighted by atomic mass is 10.2. The smallest absolute Gasteiger partial charge is 0.316 e. The van der Waals surface area contributed by atoms with Gasteiger partial charge in [0.2, 0.25) is 0 Å². The average molecular weight is 327 g/mol. The molecule has 2 nitrogen and oxygen atoms in total. The Hall–Kier alpha value is -0.460. The van der Waals surface area contributed by atoms with E-state index < -0.39 is 11.7 Å². The molecule has 0 saturated carbocycles. The van der Waals surface area contributed by atoms with Gasteiger partial charge in [-0.15, -0.1) is 11.8 Å². The van der Waals surface area contributed by atoms with Crippen LogP contribution >= 0.6 is 23.4 Å². The number of thioether (sulfide) groups is 1. The molecule has 0 bridgehead atoms. The highest BCUT2D eigenvalue weighted by Gasteiger charge is 2.31. The van der Waals surface area contributed by atoms with Crippen molar-refractivity contribution in [1.29, 1.82) is 0 Å². The van der Waals surface area contributed by atoms with E-state index in [1.165, 1.54) is 24.6 Å². The number of unbranched alkanes of at least 4 members (excludes halogenated alkanes) is 2. The number of aromatic nitrogens is 1. The first kappa shape index (κ1) is 17.6. The molecule has 0 unspecified atom stereocenters. The van der Waals surface area contributed by atoms with Crippen molar-refractivity contribution in [3.8, 4) is 0 Å². The highest BCUT2D eigenvalue weighted by molar-refractivity contribution is 7.99. The third-order valence-electron chi connectivity index (χ3n) is 2.61. The predicted molar refractivity (Wildman–Crippen MR) is 77.4 cm³/mol. The number of nitrogens with one attached hydrogen (secondary N) is 1. The van der Waals surface area contributed by atoms with E-state index >= 15 is 0 Å². The summed E-state index contributed by atoms with van der Waals surface area (Å²) in [7, 11) is 0. The predicted octanol–water partition coefficient (Wildman–Crippen LogP) is 4.63. The summed E-state index contributed by atoms with van der Waals surface area (Å²) in [6.45, 7) is 3.89. The molecule has 0 spiro atoms. The molecule has 0 amide bonds. The third kappa shape index (κ3) is 6.33. The van der Waals surface area contributed by atoms with Gasteiger partial charge in [-0.1, -0.05) is 31.4 Å². The minimum Gasteiger partial charge on any atom is -0.316 e. The molecule has 1 N–H and O–H groups in total. The molecule has 0 fully saturated rings. The zero-order chi connectivity index (χ0) is 15.0. The van der Waals surface area contributed by atoms with Gasteiger partial charge in [-0.25, -0.2) is 4.98 Å². The Labute approximate surface area is 126 Å². The van der Waals surface area contributed by atoms with E-state index in [2.05, 4.69) is 17.2 Å². The number of hydrogen-bond donors (Lipinski definition) is 1. The molecule has 0 aliphatic rings. The second-order valence-electron chi connectivity index (χ2n) is 4.31. The van der Waals surface area contributed by atoms with Gasteiger partial charge in [0.25, 0.3) is 0 Å². The molecule has 0 radical (unpaired) electrons. The number of pyridine rings is 1. The van der Waals surface area contributed by atoms with Crippen molar-refractivity contribution in [3.05, 3.63) is 22.8 Å². The van der Waals surface area contributed by atoms with E-state index in [1.54, 1.807) is 0 Å². The van der Waals surface area contributed by atoms with Gasteiger partial charge in [0.05, 0.1) is 10.6 Å². The number of hydrogen-bond acceptors (Lipinski definition) is 3. The maximum atomic E-state index is 12.4. The normalized spacial score (nSPS) is 11.8. The minimum atomic E-state index is -4.40. The highest BCUT2D eigenvalue weighted by Crippen LogP contribution is 2.33. The summed E-state index contributed by atoms with van der Waals surface area (Å²) in [6.07, 6.45) is -0.0576. The summed E-state index contributed by atoms with van der Waals surface area (Å²) in [5.41, 5.74) is -0.815. The van der Waals surface area contributed by atoms with Crippen LogP contribution in [0.4, 0.5) is 13.2 Å². The molecule has 7 heteroatoms. The first-order valence-electron chi connectivity index (χ1n) is 6.51. The molecular weight excluding hydrogens is 309 g/mol. The molecule has 0 aromatic carbocycles. The van der Waals surface area contributed by atoms with Gasteiger partial charge in [-0.2, -0.15) is 13.2 Å². The first-order valence-corrected chi connectivity index (χ1v) is 7.87. The highest BCUT2D eigenvalue weighted by atomic mass is 35.5. The zero-order valence-corrected chi connectivity index (χ0v) is 12.8. The van der Waals surface area contributed by atoms with E-state index in [9.17, 15) is 13.2 Å². The second kappa shape index (κ2) is 8.74. The van der Waals surface area contributed by atoms with Crippen LogP contribution in [0.1, 0.15) is 31.7 Å². The Morgan fingerprint density at radius 3 is 2.65 bits per heavy atom.